The third-order valence-electron chi connectivity index (χ3n) is 6.92. The van der Waals surface area contributed by atoms with E-state index in [-0.39, 0.29) is 9.79 Å². The Morgan fingerprint density at radius 3 is 1.13 bits per heavy atom. The molecule has 4 amide bonds. The van der Waals surface area contributed by atoms with Crippen LogP contribution < -0.4 is 29.6 Å². The number of rotatable bonds is 10. The second-order valence-corrected chi connectivity index (χ2v) is 13.6. The molecule has 12 nitrogen and oxygen atoms in total. The quantitative estimate of drug-likeness (QED) is 0.185. The van der Waals surface area contributed by atoms with Crippen LogP contribution >= 0.6 is 0 Å². The maximum absolute atomic E-state index is 12.5. The van der Waals surface area contributed by atoms with Crippen molar-refractivity contribution in [2.75, 3.05) is 24.9 Å². The molecule has 236 valence electrons. The number of carbonyl (C=O) groups is 2. The van der Waals surface area contributed by atoms with Crippen molar-refractivity contribution in [3.63, 3.8) is 0 Å². The zero-order valence-electron chi connectivity index (χ0n) is 24.8. The Bertz CT molecular complexity index is 1740. The number of hydrogen-bond donors (Lipinski definition) is 4. The Hall–Kier alpha value is -5.08. The van der Waals surface area contributed by atoms with Crippen LogP contribution in [0.5, 0.6) is 11.5 Å². The van der Waals surface area contributed by atoms with Gasteiger partial charge >= 0.3 is 12.1 Å². The van der Waals surface area contributed by atoms with Crippen LogP contribution in [0, 0.1) is 0 Å². The minimum Gasteiger partial charge on any atom is -0.497 e. The zero-order chi connectivity index (χ0) is 32.8. The third kappa shape index (κ3) is 8.10. The number of amides is 4. The summed E-state index contributed by atoms with van der Waals surface area (Å²) in [4.78, 5) is 24.6. The van der Waals surface area contributed by atoms with Crippen molar-refractivity contribution in [3.8, 4) is 11.5 Å². The molecule has 0 aliphatic rings. The van der Waals surface area contributed by atoms with Gasteiger partial charge in [0, 0.05) is 16.8 Å². The maximum atomic E-state index is 12.5. The van der Waals surface area contributed by atoms with E-state index in [1.807, 2.05) is 23.3 Å². The normalized spacial score (nSPS) is 11.6. The molecular weight excluding hydrogens is 620 g/mol. The van der Waals surface area contributed by atoms with Crippen molar-refractivity contribution < 1.29 is 35.9 Å². The Balaban J connectivity index is 1.36. The predicted molar refractivity (Wildman–Crippen MR) is 170 cm³/mol. The summed E-state index contributed by atoms with van der Waals surface area (Å²) in [6.45, 7) is 3.97. The van der Waals surface area contributed by atoms with Gasteiger partial charge in [-0.3, -0.25) is 0 Å². The maximum Gasteiger partial charge on any atom is 0.333 e. The monoisotopic (exact) mass is 652 g/mol. The van der Waals surface area contributed by atoms with Crippen molar-refractivity contribution in [2.45, 2.75) is 29.1 Å². The first-order valence-electron chi connectivity index (χ1n) is 13.4. The molecule has 0 atom stereocenters. The van der Waals surface area contributed by atoms with E-state index in [0.29, 0.717) is 22.9 Å². The summed E-state index contributed by atoms with van der Waals surface area (Å²) >= 11 is 0. The molecule has 45 heavy (non-hydrogen) atoms. The van der Waals surface area contributed by atoms with Crippen LogP contribution in [0.15, 0.2) is 107 Å². The van der Waals surface area contributed by atoms with Gasteiger partial charge in [0.1, 0.15) is 11.5 Å². The molecule has 0 bridgehead atoms. The minimum atomic E-state index is -4.09. The van der Waals surface area contributed by atoms with Crippen LogP contribution in [0.25, 0.3) is 0 Å². The van der Waals surface area contributed by atoms with Crippen LogP contribution in [0.1, 0.15) is 25.0 Å². The van der Waals surface area contributed by atoms with Gasteiger partial charge in [0.05, 0.1) is 24.0 Å². The lowest BCUT2D eigenvalue weighted by atomic mass is 9.78. The van der Waals surface area contributed by atoms with E-state index >= 15 is 0 Å². The summed E-state index contributed by atoms with van der Waals surface area (Å²) in [5.41, 5.74) is 2.04. The van der Waals surface area contributed by atoms with E-state index < -0.39 is 37.5 Å². The summed E-state index contributed by atoms with van der Waals surface area (Å²) in [5, 5.41) is 5.04. The van der Waals surface area contributed by atoms with Gasteiger partial charge in [-0.15, -0.1) is 0 Å². The predicted octanol–water partition coefficient (Wildman–Crippen LogP) is 5.05. The molecule has 4 N–H and O–H groups in total. The SMILES string of the molecule is COc1ccc(S(=O)(=O)NC(=O)Nc2ccc(C(C)(C)c3ccc(NC(=O)NS(=O)(=O)c4ccc(OC)cc4)cc3)cc2)cc1. The number of urea groups is 2. The van der Waals surface area contributed by atoms with E-state index in [4.69, 9.17) is 9.47 Å². The van der Waals surface area contributed by atoms with Gasteiger partial charge in [0.2, 0.25) is 0 Å². The number of methoxy groups -OCH3 is 2. The molecule has 4 aromatic rings. The fourth-order valence-electron chi connectivity index (χ4n) is 4.29. The number of sulfonamides is 2. The first-order valence-corrected chi connectivity index (χ1v) is 16.4. The lowest BCUT2D eigenvalue weighted by molar-refractivity contribution is 0.255. The lowest BCUT2D eigenvalue weighted by Crippen LogP contribution is -2.34. The van der Waals surface area contributed by atoms with Crippen LogP contribution in [0.3, 0.4) is 0 Å². The van der Waals surface area contributed by atoms with Gasteiger partial charge in [-0.1, -0.05) is 38.1 Å². The molecular formula is C31H32N4O8S2. The average Bonchev–Trinajstić information content (AvgIpc) is 3.01. The summed E-state index contributed by atoms with van der Waals surface area (Å²) < 4.78 is 64.1. The third-order valence-corrected chi connectivity index (χ3v) is 9.62. The Labute approximate surface area is 261 Å². The lowest BCUT2D eigenvalue weighted by Gasteiger charge is -2.26. The van der Waals surface area contributed by atoms with Gasteiger partial charge in [-0.05, 0) is 83.9 Å². The van der Waals surface area contributed by atoms with E-state index in [1.165, 1.54) is 62.8 Å². The average molecular weight is 653 g/mol. The molecule has 0 heterocycles. The Kier molecular flexibility index (Phi) is 9.69. The molecule has 0 aliphatic carbocycles. The van der Waals surface area contributed by atoms with E-state index in [1.54, 1.807) is 48.5 Å². The van der Waals surface area contributed by atoms with Crippen LogP contribution in [-0.2, 0) is 25.5 Å². The zero-order valence-corrected chi connectivity index (χ0v) is 26.5. The molecule has 0 aromatic heterocycles. The summed E-state index contributed by atoms with van der Waals surface area (Å²) in [7, 11) is -5.26. The van der Waals surface area contributed by atoms with Crippen LogP contribution in [-0.4, -0.2) is 43.1 Å². The molecule has 0 unspecified atom stereocenters. The van der Waals surface area contributed by atoms with Crippen molar-refractivity contribution in [1.82, 2.24) is 9.44 Å². The molecule has 0 saturated heterocycles. The highest BCUT2D eigenvalue weighted by atomic mass is 32.2. The van der Waals surface area contributed by atoms with Gasteiger partial charge in [-0.25, -0.2) is 35.9 Å². The second-order valence-electron chi connectivity index (χ2n) is 10.3. The molecule has 4 rings (SSSR count). The van der Waals surface area contributed by atoms with Crippen LogP contribution in [0.4, 0.5) is 21.0 Å². The highest BCUT2D eigenvalue weighted by molar-refractivity contribution is 7.90. The first kappa shape index (κ1) is 32.8. The Morgan fingerprint density at radius 2 is 0.844 bits per heavy atom. The number of carbonyl (C=O) groups excluding carboxylic acids is 2. The van der Waals surface area contributed by atoms with Crippen LogP contribution in [0.2, 0.25) is 0 Å². The minimum absolute atomic E-state index is 0.0870. The van der Waals surface area contributed by atoms with Crippen molar-refractivity contribution in [3.05, 3.63) is 108 Å². The largest absolute Gasteiger partial charge is 0.497 e. The fraction of sp³-hybridized carbons (Fsp3) is 0.161. The highest BCUT2D eigenvalue weighted by Crippen LogP contribution is 2.33. The van der Waals surface area contributed by atoms with Gasteiger partial charge < -0.3 is 20.1 Å². The number of ether oxygens (including phenoxy) is 2. The molecule has 0 spiro atoms. The first-order chi connectivity index (χ1) is 21.2. The molecule has 0 fully saturated rings. The molecule has 0 saturated carbocycles. The number of benzene rings is 4. The van der Waals surface area contributed by atoms with Gasteiger partial charge in [-0.2, -0.15) is 0 Å². The highest BCUT2D eigenvalue weighted by Gasteiger charge is 2.24. The number of nitrogens with one attached hydrogen (secondary N) is 4. The van der Waals surface area contributed by atoms with Crippen molar-refractivity contribution >= 4 is 43.5 Å². The van der Waals surface area contributed by atoms with Gasteiger partial charge in [0.15, 0.2) is 0 Å². The van der Waals surface area contributed by atoms with E-state index in [2.05, 4.69) is 10.6 Å². The summed E-state index contributed by atoms with van der Waals surface area (Å²) in [5.74, 6) is 0.964. The fourth-order valence-corrected chi connectivity index (χ4v) is 6.11. The van der Waals surface area contributed by atoms with E-state index in [9.17, 15) is 26.4 Å². The topological polar surface area (TPSA) is 169 Å². The van der Waals surface area contributed by atoms with Gasteiger partial charge in [0.25, 0.3) is 20.0 Å². The molecule has 0 radical (unpaired) electrons. The van der Waals surface area contributed by atoms with Crippen molar-refractivity contribution in [2.24, 2.45) is 0 Å². The van der Waals surface area contributed by atoms with Crippen molar-refractivity contribution in [1.29, 1.82) is 0 Å². The van der Waals surface area contributed by atoms with E-state index in [0.717, 1.165) is 11.1 Å². The Morgan fingerprint density at radius 1 is 0.533 bits per heavy atom. The molecule has 4 aromatic carbocycles. The summed E-state index contributed by atoms with van der Waals surface area (Å²) in [6.07, 6.45) is 0. The molecule has 14 heteroatoms. The summed E-state index contributed by atoms with van der Waals surface area (Å²) in [6, 6.07) is 23.2. The number of anilines is 2. The number of hydrogen-bond acceptors (Lipinski definition) is 8. The smallest absolute Gasteiger partial charge is 0.333 e. The molecule has 0 aliphatic heterocycles. The second kappa shape index (κ2) is 13.3. The standard InChI is InChI=1S/C31H32N4O8S2/c1-31(2,21-5-9-23(10-6-21)32-29(36)34-44(38,39)27-17-13-25(42-3)14-18-27)22-7-11-24(12-8-22)33-30(37)35-45(40,41)28-19-15-26(43-4)16-20-28/h5-20H,1-4H3,(H2,32,34,36)(H2,33,35,37).